The summed E-state index contributed by atoms with van der Waals surface area (Å²) in [6.45, 7) is 0.332. The fourth-order valence-electron chi connectivity index (χ4n) is 1.64. The first-order chi connectivity index (χ1) is 8.65. The normalized spacial score (nSPS) is 10.1. The summed E-state index contributed by atoms with van der Waals surface area (Å²) < 4.78 is 7.79. The van der Waals surface area contributed by atoms with E-state index in [9.17, 15) is 4.79 Å². The predicted molar refractivity (Wildman–Crippen MR) is 64.3 cm³/mol. The van der Waals surface area contributed by atoms with Crippen molar-refractivity contribution in [3.63, 3.8) is 0 Å². The Morgan fingerprint density at radius 1 is 1.50 bits per heavy atom. The number of benzene rings is 1. The molecule has 0 saturated heterocycles. The van der Waals surface area contributed by atoms with Gasteiger partial charge in [0.05, 0.1) is 19.2 Å². The van der Waals surface area contributed by atoms with Crippen molar-refractivity contribution in [1.82, 2.24) is 14.3 Å². The van der Waals surface area contributed by atoms with Gasteiger partial charge in [-0.05, 0) is 17.7 Å². The van der Waals surface area contributed by atoms with Crippen LogP contribution in [0.15, 0.2) is 29.3 Å². The van der Waals surface area contributed by atoms with Gasteiger partial charge in [0.15, 0.2) is 0 Å². The van der Waals surface area contributed by atoms with Gasteiger partial charge in [-0.1, -0.05) is 6.07 Å². The van der Waals surface area contributed by atoms with Crippen LogP contribution in [0.5, 0.6) is 5.75 Å². The van der Waals surface area contributed by atoms with E-state index in [-0.39, 0.29) is 5.69 Å². The molecule has 92 valence electrons. The molecule has 6 heteroatoms. The van der Waals surface area contributed by atoms with Crippen LogP contribution in [0.2, 0.25) is 0 Å². The molecule has 0 N–H and O–H groups in total. The van der Waals surface area contributed by atoms with Gasteiger partial charge in [-0.25, -0.2) is 9.48 Å². The zero-order valence-corrected chi connectivity index (χ0v) is 10.1. The summed E-state index contributed by atoms with van der Waals surface area (Å²) in [5, 5.41) is 12.9. The molecule has 0 bridgehead atoms. The lowest BCUT2D eigenvalue weighted by Crippen LogP contribution is -2.23. The second-order valence-corrected chi connectivity index (χ2v) is 3.83. The lowest BCUT2D eigenvalue weighted by molar-refractivity contribution is 0.413. The molecule has 0 aliphatic rings. The highest BCUT2D eigenvalue weighted by Gasteiger charge is 2.06. The van der Waals surface area contributed by atoms with E-state index in [0.29, 0.717) is 17.9 Å². The van der Waals surface area contributed by atoms with E-state index in [1.807, 2.05) is 0 Å². The first-order valence-corrected chi connectivity index (χ1v) is 5.31. The smallest absolute Gasteiger partial charge is 0.345 e. The SMILES string of the molecule is COc1ccc(Cn2ncn(C)c2=O)cc1C#N. The molecular weight excluding hydrogens is 232 g/mol. The molecule has 2 aromatic rings. The maximum absolute atomic E-state index is 11.6. The average Bonchev–Trinajstić information content (AvgIpc) is 2.70. The van der Waals surface area contributed by atoms with Gasteiger partial charge >= 0.3 is 5.69 Å². The van der Waals surface area contributed by atoms with Crippen molar-refractivity contribution in [2.45, 2.75) is 6.54 Å². The van der Waals surface area contributed by atoms with Crippen molar-refractivity contribution in [3.8, 4) is 11.8 Å². The molecule has 0 fully saturated rings. The molecule has 0 aliphatic carbocycles. The molecule has 0 amide bonds. The van der Waals surface area contributed by atoms with Gasteiger partial charge in [0.2, 0.25) is 0 Å². The van der Waals surface area contributed by atoms with E-state index in [0.717, 1.165) is 5.56 Å². The topological polar surface area (TPSA) is 72.8 Å². The maximum atomic E-state index is 11.6. The molecule has 0 spiro atoms. The van der Waals surface area contributed by atoms with Crippen molar-refractivity contribution in [3.05, 3.63) is 46.1 Å². The third-order valence-electron chi connectivity index (χ3n) is 2.60. The van der Waals surface area contributed by atoms with Crippen LogP contribution < -0.4 is 10.4 Å². The largest absolute Gasteiger partial charge is 0.495 e. The summed E-state index contributed by atoms with van der Waals surface area (Å²) in [6.07, 6.45) is 1.46. The van der Waals surface area contributed by atoms with Crippen LogP contribution in [-0.4, -0.2) is 21.5 Å². The Bertz CT molecular complexity index is 663. The Balaban J connectivity index is 2.34. The van der Waals surface area contributed by atoms with Gasteiger partial charge in [-0.3, -0.25) is 4.57 Å². The maximum Gasteiger partial charge on any atom is 0.345 e. The van der Waals surface area contributed by atoms with Crippen LogP contribution in [-0.2, 0) is 13.6 Å². The lowest BCUT2D eigenvalue weighted by atomic mass is 10.1. The van der Waals surface area contributed by atoms with Crippen LogP contribution in [0, 0.1) is 11.3 Å². The molecule has 0 aliphatic heterocycles. The Morgan fingerprint density at radius 2 is 2.28 bits per heavy atom. The van der Waals surface area contributed by atoms with Crippen molar-refractivity contribution in [2.75, 3.05) is 7.11 Å². The van der Waals surface area contributed by atoms with E-state index in [4.69, 9.17) is 10.00 Å². The highest BCUT2D eigenvalue weighted by Crippen LogP contribution is 2.18. The number of rotatable bonds is 3. The molecule has 2 rings (SSSR count). The monoisotopic (exact) mass is 244 g/mol. The minimum absolute atomic E-state index is 0.190. The third kappa shape index (κ3) is 2.11. The molecule has 1 aromatic carbocycles. The lowest BCUT2D eigenvalue weighted by Gasteiger charge is -2.05. The molecule has 1 aromatic heterocycles. The zero-order chi connectivity index (χ0) is 13.1. The number of hydrogen-bond donors (Lipinski definition) is 0. The summed E-state index contributed by atoms with van der Waals surface area (Å²) in [6, 6.07) is 7.27. The highest BCUT2D eigenvalue weighted by atomic mass is 16.5. The number of ether oxygens (including phenoxy) is 1. The van der Waals surface area contributed by atoms with E-state index >= 15 is 0 Å². The number of methoxy groups -OCH3 is 1. The van der Waals surface area contributed by atoms with Gasteiger partial charge in [-0.15, -0.1) is 0 Å². The fourth-order valence-corrected chi connectivity index (χ4v) is 1.64. The van der Waals surface area contributed by atoms with Crippen LogP contribution in [0.4, 0.5) is 0 Å². The summed E-state index contributed by atoms with van der Waals surface area (Å²) in [5.41, 5.74) is 1.08. The number of aryl methyl sites for hydroxylation is 1. The quantitative estimate of drug-likeness (QED) is 0.788. The second kappa shape index (κ2) is 4.75. The number of aromatic nitrogens is 3. The van der Waals surface area contributed by atoms with Gasteiger partial charge < -0.3 is 4.74 Å². The molecule has 6 nitrogen and oxygen atoms in total. The number of hydrogen-bond acceptors (Lipinski definition) is 4. The predicted octanol–water partition coefficient (Wildman–Crippen LogP) is 0.510. The molecular formula is C12H12N4O2. The van der Waals surface area contributed by atoms with Gasteiger partial charge in [0, 0.05) is 7.05 Å². The Kier molecular flexibility index (Phi) is 3.15. The first kappa shape index (κ1) is 11.9. The standard InChI is InChI=1S/C12H12N4O2/c1-15-8-14-16(12(15)17)7-9-3-4-11(18-2)10(5-9)6-13/h3-5,8H,7H2,1-2H3. The van der Waals surface area contributed by atoms with E-state index in [1.165, 1.54) is 22.7 Å². The zero-order valence-electron chi connectivity index (χ0n) is 10.1. The van der Waals surface area contributed by atoms with Crippen molar-refractivity contribution in [1.29, 1.82) is 5.26 Å². The summed E-state index contributed by atoms with van der Waals surface area (Å²) in [5.74, 6) is 0.523. The molecule has 0 atom stereocenters. The van der Waals surface area contributed by atoms with Crippen LogP contribution >= 0.6 is 0 Å². The fraction of sp³-hybridized carbons (Fsp3) is 0.250. The third-order valence-corrected chi connectivity index (χ3v) is 2.60. The van der Waals surface area contributed by atoms with Crippen molar-refractivity contribution >= 4 is 0 Å². The minimum atomic E-state index is -0.190. The summed E-state index contributed by atoms with van der Waals surface area (Å²) in [7, 11) is 3.15. The highest BCUT2D eigenvalue weighted by molar-refractivity contribution is 5.45. The summed E-state index contributed by atoms with van der Waals surface area (Å²) >= 11 is 0. The van der Waals surface area contributed by atoms with Gasteiger partial charge in [0.25, 0.3) is 0 Å². The van der Waals surface area contributed by atoms with E-state index in [1.54, 1.807) is 25.2 Å². The molecule has 18 heavy (non-hydrogen) atoms. The second-order valence-electron chi connectivity index (χ2n) is 3.83. The Labute approximate surface area is 104 Å². The molecule has 0 saturated carbocycles. The van der Waals surface area contributed by atoms with Gasteiger partial charge in [-0.2, -0.15) is 10.4 Å². The molecule has 0 radical (unpaired) electrons. The molecule has 0 unspecified atom stereocenters. The van der Waals surface area contributed by atoms with Crippen LogP contribution in [0.3, 0.4) is 0 Å². The van der Waals surface area contributed by atoms with Gasteiger partial charge in [0.1, 0.15) is 18.1 Å². The number of nitrogens with zero attached hydrogens (tertiary/aromatic N) is 4. The van der Waals surface area contributed by atoms with Crippen molar-refractivity contribution < 1.29 is 4.74 Å². The number of nitriles is 1. The summed E-state index contributed by atoms with van der Waals surface area (Å²) in [4.78, 5) is 11.6. The van der Waals surface area contributed by atoms with Crippen LogP contribution in [0.1, 0.15) is 11.1 Å². The minimum Gasteiger partial charge on any atom is -0.495 e. The van der Waals surface area contributed by atoms with Crippen LogP contribution in [0.25, 0.3) is 0 Å². The Morgan fingerprint density at radius 3 is 2.83 bits per heavy atom. The molecule has 1 heterocycles. The average molecular weight is 244 g/mol. The first-order valence-electron chi connectivity index (χ1n) is 5.31. The Hall–Kier alpha value is -2.55. The van der Waals surface area contributed by atoms with E-state index in [2.05, 4.69) is 11.2 Å². The van der Waals surface area contributed by atoms with E-state index < -0.39 is 0 Å². The van der Waals surface area contributed by atoms with Crippen molar-refractivity contribution in [2.24, 2.45) is 7.05 Å².